The number of fused-ring (bicyclic) bond motifs is 2. The third-order valence-electron chi connectivity index (χ3n) is 9.36. The minimum Gasteiger partial charge on any atom is -0.353 e. The zero-order valence-electron chi connectivity index (χ0n) is 26.2. The molecule has 2 aromatic heterocycles. The fraction of sp³-hybridized carbons (Fsp3) is 0.378. The Bertz CT molecular complexity index is 1740. The Kier molecular flexibility index (Phi) is 8.19. The maximum Gasteiger partial charge on any atom is 0.139 e. The molecule has 7 heteroatoms. The predicted molar refractivity (Wildman–Crippen MR) is 184 cm³/mol. The van der Waals surface area contributed by atoms with E-state index in [9.17, 15) is 0 Å². The van der Waals surface area contributed by atoms with Gasteiger partial charge in [-0.05, 0) is 98.3 Å². The van der Waals surface area contributed by atoms with Gasteiger partial charge in [0.25, 0.3) is 0 Å². The van der Waals surface area contributed by atoms with Crippen LogP contribution < -0.4 is 5.32 Å². The minimum atomic E-state index is 0.776. The summed E-state index contributed by atoms with van der Waals surface area (Å²) in [7, 11) is 0. The van der Waals surface area contributed by atoms with E-state index < -0.39 is 0 Å². The highest BCUT2D eigenvalue weighted by atomic mass is 32.1. The van der Waals surface area contributed by atoms with Crippen LogP contribution in [0.15, 0.2) is 60.2 Å². The molecule has 0 aliphatic carbocycles. The molecule has 0 saturated carbocycles. The maximum atomic E-state index is 5.11. The molecule has 226 valence electrons. The first-order valence-corrected chi connectivity index (χ1v) is 16.9. The standard InChI is InChI=1S/C37H42N6S/c1-5-15-42-18-14-32-36(23-42)44-37(41-32)26(4)39-31-13-9-11-29(25(31)3)28-10-8-12-30(24(28)2)33-20-34-35(40-33)19-27(21-38-34)22-43-16-6-7-17-43/h8-13,19,21,39H,4-7,14-18,20,22-23H2,1-3H3. The number of likely N-dealkylation sites (tertiary alicyclic amines) is 1. The van der Waals surface area contributed by atoms with Gasteiger partial charge in [-0.1, -0.05) is 43.8 Å². The van der Waals surface area contributed by atoms with Crippen molar-refractivity contribution in [2.24, 2.45) is 4.99 Å². The number of nitrogens with zero attached hydrogens (tertiary/aromatic N) is 5. The van der Waals surface area contributed by atoms with Gasteiger partial charge < -0.3 is 5.32 Å². The second-order valence-electron chi connectivity index (χ2n) is 12.5. The quantitative estimate of drug-likeness (QED) is 0.211. The summed E-state index contributed by atoms with van der Waals surface area (Å²) in [6, 6.07) is 15.3. The minimum absolute atomic E-state index is 0.776. The summed E-state index contributed by atoms with van der Waals surface area (Å²) >= 11 is 1.79. The molecule has 6 nitrogen and oxygen atoms in total. The Labute approximate surface area is 265 Å². The van der Waals surface area contributed by atoms with E-state index in [1.165, 1.54) is 76.3 Å². The van der Waals surface area contributed by atoms with Gasteiger partial charge in [0.15, 0.2) is 0 Å². The molecule has 0 unspecified atom stereocenters. The summed E-state index contributed by atoms with van der Waals surface area (Å²) in [5, 5.41) is 4.61. The fourth-order valence-corrected chi connectivity index (χ4v) is 8.02. The number of aliphatic imine (C=N–C) groups is 1. The molecule has 2 aromatic carbocycles. The molecule has 0 bridgehead atoms. The highest BCUT2D eigenvalue weighted by Crippen LogP contribution is 2.36. The van der Waals surface area contributed by atoms with Crippen molar-refractivity contribution in [2.75, 3.05) is 31.5 Å². The van der Waals surface area contributed by atoms with E-state index >= 15 is 0 Å². The molecular formula is C37H42N6S. The van der Waals surface area contributed by atoms with Crippen molar-refractivity contribution in [3.8, 4) is 11.1 Å². The second-order valence-corrected chi connectivity index (χ2v) is 13.6. The lowest BCUT2D eigenvalue weighted by atomic mass is 9.91. The zero-order chi connectivity index (χ0) is 30.2. The van der Waals surface area contributed by atoms with Crippen LogP contribution in [0.2, 0.25) is 0 Å². The van der Waals surface area contributed by atoms with Gasteiger partial charge in [0.05, 0.1) is 28.5 Å². The summed E-state index contributed by atoms with van der Waals surface area (Å²) in [6.45, 7) is 17.7. The number of nitrogens with one attached hydrogen (secondary N) is 1. The Morgan fingerprint density at radius 2 is 1.73 bits per heavy atom. The number of pyridine rings is 1. The third-order valence-corrected chi connectivity index (χ3v) is 10.5. The zero-order valence-corrected chi connectivity index (χ0v) is 27.1. The molecule has 0 radical (unpaired) electrons. The van der Waals surface area contributed by atoms with Crippen molar-refractivity contribution in [1.29, 1.82) is 0 Å². The first-order valence-electron chi connectivity index (χ1n) is 16.1. The van der Waals surface area contributed by atoms with Crippen LogP contribution in [0.5, 0.6) is 0 Å². The van der Waals surface area contributed by atoms with Crippen LogP contribution in [-0.2, 0) is 25.9 Å². The molecule has 0 amide bonds. The van der Waals surface area contributed by atoms with Crippen molar-refractivity contribution in [3.63, 3.8) is 0 Å². The molecule has 0 spiro atoms. The van der Waals surface area contributed by atoms with Gasteiger partial charge in [0, 0.05) is 49.2 Å². The molecule has 3 aliphatic rings. The molecule has 1 N–H and O–H groups in total. The van der Waals surface area contributed by atoms with Crippen LogP contribution >= 0.6 is 11.3 Å². The van der Waals surface area contributed by atoms with Crippen LogP contribution in [-0.4, -0.2) is 51.7 Å². The van der Waals surface area contributed by atoms with E-state index in [-0.39, 0.29) is 0 Å². The lowest BCUT2D eigenvalue weighted by molar-refractivity contribution is 0.256. The van der Waals surface area contributed by atoms with Gasteiger partial charge in [0.2, 0.25) is 0 Å². The number of thiazole rings is 1. The summed E-state index contributed by atoms with van der Waals surface area (Å²) in [4.78, 5) is 21.4. The normalized spacial score (nSPS) is 16.6. The molecular weight excluding hydrogens is 561 g/mol. The van der Waals surface area contributed by atoms with Crippen LogP contribution in [0.25, 0.3) is 16.8 Å². The number of rotatable bonds is 9. The summed E-state index contributed by atoms with van der Waals surface area (Å²) in [6.07, 6.45) is 7.64. The third kappa shape index (κ3) is 5.76. The van der Waals surface area contributed by atoms with Crippen molar-refractivity contribution in [2.45, 2.75) is 66.0 Å². The van der Waals surface area contributed by atoms with E-state index in [1.807, 2.05) is 0 Å². The number of anilines is 1. The van der Waals surface area contributed by atoms with Crippen LogP contribution in [0.1, 0.15) is 69.7 Å². The van der Waals surface area contributed by atoms with Crippen LogP contribution in [0, 0.1) is 13.8 Å². The average molecular weight is 603 g/mol. The van der Waals surface area contributed by atoms with Crippen LogP contribution in [0.4, 0.5) is 11.4 Å². The molecule has 1 fully saturated rings. The number of benzene rings is 2. The lowest BCUT2D eigenvalue weighted by Crippen LogP contribution is -2.30. The Morgan fingerprint density at radius 3 is 2.55 bits per heavy atom. The molecule has 44 heavy (non-hydrogen) atoms. The predicted octanol–water partition coefficient (Wildman–Crippen LogP) is 7.95. The van der Waals surface area contributed by atoms with E-state index in [4.69, 9.17) is 15.0 Å². The summed E-state index contributed by atoms with van der Waals surface area (Å²) in [5.41, 5.74) is 13.8. The van der Waals surface area contributed by atoms with Gasteiger partial charge in [0.1, 0.15) is 5.01 Å². The Morgan fingerprint density at radius 1 is 0.955 bits per heavy atom. The maximum absolute atomic E-state index is 5.11. The van der Waals surface area contributed by atoms with E-state index in [0.29, 0.717) is 0 Å². The van der Waals surface area contributed by atoms with E-state index in [1.54, 1.807) is 11.3 Å². The summed E-state index contributed by atoms with van der Waals surface area (Å²) < 4.78 is 0. The second kappa shape index (κ2) is 12.4. The monoisotopic (exact) mass is 602 g/mol. The van der Waals surface area contributed by atoms with Crippen molar-refractivity contribution in [3.05, 3.63) is 98.8 Å². The molecule has 5 heterocycles. The Balaban J connectivity index is 1.11. The van der Waals surface area contributed by atoms with E-state index in [2.05, 4.69) is 91.1 Å². The first kappa shape index (κ1) is 29.1. The SMILES string of the molecule is C=C(Nc1cccc(-c2cccc(C3=Nc4cc(CN5CCCC5)cnc4C3)c2C)c1C)c1nc2c(s1)CN(CCC)CC2. The number of hydrogen-bond donors (Lipinski definition) is 1. The van der Waals surface area contributed by atoms with Gasteiger partial charge in [-0.15, -0.1) is 11.3 Å². The van der Waals surface area contributed by atoms with E-state index in [0.717, 1.165) is 72.5 Å². The van der Waals surface area contributed by atoms with Gasteiger partial charge in [-0.2, -0.15) is 0 Å². The molecule has 4 aromatic rings. The largest absolute Gasteiger partial charge is 0.353 e. The first-order chi connectivity index (χ1) is 21.5. The van der Waals surface area contributed by atoms with Crippen molar-refractivity contribution < 1.29 is 0 Å². The Hall–Kier alpha value is -3.65. The highest BCUT2D eigenvalue weighted by Gasteiger charge is 2.23. The molecule has 0 atom stereocenters. The molecule has 3 aliphatic heterocycles. The van der Waals surface area contributed by atoms with Crippen molar-refractivity contribution >= 4 is 34.1 Å². The molecule has 1 saturated heterocycles. The lowest BCUT2D eigenvalue weighted by Gasteiger charge is -2.25. The number of hydrogen-bond acceptors (Lipinski definition) is 7. The highest BCUT2D eigenvalue weighted by molar-refractivity contribution is 7.12. The van der Waals surface area contributed by atoms with Crippen molar-refractivity contribution in [1.82, 2.24) is 19.8 Å². The number of aromatic nitrogens is 2. The van der Waals surface area contributed by atoms with Gasteiger partial charge in [-0.3, -0.25) is 19.8 Å². The fourth-order valence-electron chi connectivity index (χ4n) is 6.94. The average Bonchev–Trinajstić information content (AvgIpc) is 3.78. The van der Waals surface area contributed by atoms with Crippen LogP contribution in [0.3, 0.4) is 0 Å². The van der Waals surface area contributed by atoms with Gasteiger partial charge >= 0.3 is 0 Å². The summed E-state index contributed by atoms with van der Waals surface area (Å²) in [5.74, 6) is 0. The smallest absolute Gasteiger partial charge is 0.139 e. The topological polar surface area (TPSA) is 56.7 Å². The molecule has 7 rings (SSSR count). The van der Waals surface area contributed by atoms with Gasteiger partial charge in [-0.25, -0.2) is 4.98 Å².